The van der Waals surface area contributed by atoms with Gasteiger partial charge in [0.05, 0.1) is 0 Å². The number of carbonyl (C=O) groups excluding carboxylic acids is 1. The number of carbonyl (C=O) groups is 1. The molecule has 5 heteroatoms. The van der Waals surface area contributed by atoms with Gasteiger partial charge in [0.25, 0.3) is 5.92 Å². The number of hydrogen-bond donors (Lipinski definition) is 1. The van der Waals surface area contributed by atoms with E-state index in [4.69, 9.17) is 0 Å². The van der Waals surface area contributed by atoms with Crippen molar-refractivity contribution in [3.8, 4) is 0 Å². The van der Waals surface area contributed by atoms with E-state index in [1.807, 2.05) is 0 Å². The highest BCUT2D eigenvalue weighted by atomic mass is 19.3. The van der Waals surface area contributed by atoms with E-state index in [-0.39, 0.29) is 19.5 Å². The van der Waals surface area contributed by atoms with Crippen LogP contribution in [0.5, 0.6) is 0 Å². The summed E-state index contributed by atoms with van der Waals surface area (Å²) >= 11 is 0. The van der Waals surface area contributed by atoms with Crippen LogP contribution in [0.2, 0.25) is 0 Å². The first-order valence-corrected chi connectivity index (χ1v) is 4.82. The van der Waals surface area contributed by atoms with E-state index in [1.54, 1.807) is 14.0 Å². The summed E-state index contributed by atoms with van der Waals surface area (Å²) < 4.78 is 26.7. The summed E-state index contributed by atoms with van der Waals surface area (Å²) in [4.78, 5) is 12.9. The standard InChI is InChI=1S/C9H16F2N2O/c1-3-13(2)8(14)7-6-12-5-4-9(7,10)11/h7,12H,3-6H2,1-2H3. The number of piperidine rings is 1. The Hall–Kier alpha value is -0.710. The zero-order valence-corrected chi connectivity index (χ0v) is 8.52. The highest BCUT2D eigenvalue weighted by molar-refractivity contribution is 5.80. The SMILES string of the molecule is CCN(C)C(=O)C1CNCCC1(F)F. The van der Waals surface area contributed by atoms with Crippen molar-refractivity contribution in [3.05, 3.63) is 0 Å². The van der Waals surface area contributed by atoms with Crippen LogP contribution in [0.3, 0.4) is 0 Å². The fraction of sp³-hybridized carbons (Fsp3) is 0.889. The average molecular weight is 206 g/mol. The number of hydrogen-bond acceptors (Lipinski definition) is 2. The van der Waals surface area contributed by atoms with Crippen molar-refractivity contribution >= 4 is 5.91 Å². The molecular formula is C9H16F2N2O. The normalized spacial score (nSPS) is 25.9. The lowest BCUT2D eigenvalue weighted by Crippen LogP contribution is -2.52. The molecule has 0 spiro atoms. The second-order valence-corrected chi connectivity index (χ2v) is 3.62. The molecule has 1 aliphatic heterocycles. The van der Waals surface area contributed by atoms with Gasteiger partial charge in [-0.25, -0.2) is 8.78 Å². The summed E-state index contributed by atoms with van der Waals surface area (Å²) in [5.74, 6) is -4.52. The van der Waals surface area contributed by atoms with Crippen LogP contribution in [-0.2, 0) is 4.79 Å². The second-order valence-electron chi connectivity index (χ2n) is 3.62. The number of amides is 1. The van der Waals surface area contributed by atoms with Crippen LogP contribution in [0, 0.1) is 5.92 Å². The molecule has 1 saturated heterocycles. The van der Waals surface area contributed by atoms with Crippen LogP contribution >= 0.6 is 0 Å². The lowest BCUT2D eigenvalue weighted by atomic mass is 9.93. The summed E-state index contributed by atoms with van der Waals surface area (Å²) in [6.45, 7) is 2.60. The third kappa shape index (κ3) is 2.20. The maximum Gasteiger partial charge on any atom is 0.262 e. The van der Waals surface area contributed by atoms with E-state index in [2.05, 4.69) is 5.32 Å². The van der Waals surface area contributed by atoms with Crippen molar-refractivity contribution in [2.75, 3.05) is 26.7 Å². The van der Waals surface area contributed by atoms with Gasteiger partial charge in [-0.05, 0) is 6.92 Å². The number of rotatable bonds is 2. The molecule has 0 bridgehead atoms. The summed E-state index contributed by atoms with van der Waals surface area (Å²) in [6.07, 6.45) is -0.249. The molecule has 0 aromatic carbocycles. The number of halogens is 2. The Morgan fingerprint density at radius 2 is 2.29 bits per heavy atom. The van der Waals surface area contributed by atoms with Gasteiger partial charge in [0.15, 0.2) is 0 Å². The van der Waals surface area contributed by atoms with Gasteiger partial charge in [-0.2, -0.15) is 0 Å². The molecule has 1 aliphatic rings. The summed E-state index contributed by atoms with van der Waals surface area (Å²) in [5, 5.41) is 2.82. The molecule has 14 heavy (non-hydrogen) atoms. The zero-order chi connectivity index (χ0) is 10.8. The smallest absolute Gasteiger partial charge is 0.262 e. The summed E-state index contributed by atoms with van der Waals surface area (Å²) in [6, 6.07) is 0. The Bertz CT molecular complexity index is 221. The molecule has 0 saturated carbocycles. The lowest BCUT2D eigenvalue weighted by molar-refractivity contribution is -0.152. The van der Waals surface area contributed by atoms with Gasteiger partial charge in [0.1, 0.15) is 5.92 Å². The molecule has 1 amide bonds. The van der Waals surface area contributed by atoms with Crippen LogP contribution < -0.4 is 5.32 Å². The van der Waals surface area contributed by atoms with Crippen molar-refractivity contribution in [2.45, 2.75) is 19.3 Å². The molecule has 1 atom stereocenters. The van der Waals surface area contributed by atoms with Gasteiger partial charge >= 0.3 is 0 Å². The topological polar surface area (TPSA) is 32.3 Å². The monoisotopic (exact) mass is 206 g/mol. The fourth-order valence-electron chi connectivity index (χ4n) is 1.51. The van der Waals surface area contributed by atoms with Gasteiger partial charge in [-0.1, -0.05) is 0 Å². The van der Waals surface area contributed by atoms with Crippen molar-refractivity contribution in [1.82, 2.24) is 10.2 Å². The molecule has 0 radical (unpaired) electrons. The van der Waals surface area contributed by atoms with Crippen molar-refractivity contribution in [1.29, 1.82) is 0 Å². The highest BCUT2D eigenvalue weighted by Crippen LogP contribution is 2.31. The number of nitrogens with one attached hydrogen (secondary N) is 1. The largest absolute Gasteiger partial charge is 0.346 e. The van der Waals surface area contributed by atoms with Gasteiger partial charge < -0.3 is 10.2 Å². The molecule has 0 aliphatic carbocycles. The van der Waals surface area contributed by atoms with E-state index < -0.39 is 17.7 Å². The molecule has 3 nitrogen and oxygen atoms in total. The molecule has 0 aromatic rings. The Balaban J connectivity index is 2.69. The Kier molecular flexibility index (Phi) is 3.42. The molecular weight excluding hydrogens is 190 g/mol. The second kappa shape index (κ2) is 4.21. The molecule has 82 valence electrons. The quantitative estimate of drug-likeness (QED) is 0.721. The summed E-state index contributed by atoms with van der Waals surface area (Å²) in [5.41, 5.74) is 0. The van der Waals surface area contributed by atoms with Crippen LogP contribution in [0.15, 0.2) is 0 Å². The van der Waals surface area contributed by atoms with Gasteiger partial charge in [0, 0.05) is 33.1 Å². The predicted molar refractivity (Wildman–Crippen MR) is 49.2 cm³/mol. The van der Waals surface area contributed by atoms with Gasteiger partial charge in [-0.3, -0.25) is 4.79 Å². The van der Waals surface area contributed by atoms with Crippen LogP contribution in [0.1, 0.15) is 13.3 Å². The van der Waals surface area contributed by atoms with E-state index in [0.717, 1.165) is 0 Å². The molecule has 0 aromatic heterocycles. The Morgan fingerprint density at radius 1 is 1.64 bits per heavy atom. The van der Waals surface area contributed by atoms with E-state index in [9.17, 15) is 13.6 Å². The van der Waals surface area contributed by atoms with E-state index >= 15 is 0 Å². The lowest BCUT2D eigenvalue weighted by Gasteiger charge is -2.33. The number of alkyl halides is 2. The Labute approximate surface area is 82.5 Å². The first kappa shape index (κ1) is 11.4. The maximum absolute atomic E-state index is 13.3. The van der Waals surface area contributed by atoms with E-state index in [0.29, 0.717) is 6.54 Å². The minimum absolute atomic E-state index is 0.0795. The van der Waals surface area contributed by atoms with Crippen molar-refractivity contribution in [3.63, 3.8) is 0 Å². The minimum Gasteiger partial charge on any atom is -0.346 e. The van der Waals surface area contributed by atoms with Crippen LogP contribution in [0.4, 0.5) is 8.78 Å². The zero-order valence-electron chi connectivity index (χ0n) is 8.52. The molecule has 1 fully saturated rings. The first-order valence-electron chi connectivity index (χ1n) is 4.82. The van der Waals surface area contributed by atoms with Crippen LogP contribution in [0.25, 0.3) is 0 Å². The molecule has 1 N–H and O–H groups in total. The maximum atomic E-state index is 13.3. The van der Waals surface area contributed by atoms with Crippen molar-refractivity contribution < 1.29 is 13.6 Å². The average Bonchev–Trinajstić information content (AvgIpc) is 2.15. The van der Waals surface area contributed by atoms with Crippen molar-refractivity contribution in [2.24, 2.45) is 5.92 Å². The van der Waals surface area contributed by atoms with Gasteiger partial charge in [0.2, 0.25) is 5.91 Å². The first-order chi connectivity index (χ1) is 6.49. The number of nitrogens with zero attached hydrogens (tertiary/aromatic N) is 1. The third-order valence-electron chi connectivity index (χ3n) is 2.64. The van der Waals surface area contributed by atoms with Gasteiger partial charge in [-0.15, -0.1) is 0 Å². The predicted octanol–water partition coefficient (Wildman–Crippen LogP) is 0.710. The summed E-state index contributed by atoms with van der Waals surface area (Å²) in [7, 11) is 1.55. The molecule has 1 heterocycles. The van der Waals surface area contributed by atoms with Crippen LogP contribution in [-0.4, -0.2) is 43.4 Å². The Morgan fingerprint density at radius 3 is 2.79 bits per heavy atom. The highest BCUT2D eigenvalue weighted by Gasteiger charge is 2.46. The fourth-order valence-corrected chi connectivity index (χ4v) is 1.51. The third-order valence-corrected chi connectivity index (χ3v) is 2.64. The minimum atomic E-state index is -2.86. The molecule has 1 unspecified atom stereocenters. The molecule has 1 rings (SSSR count). The van der Waals surface area contributed by atoms with E-state index in [1.165, 1.54) is 4.90 Å².